The summed E-state index contributed by atoms with van der Waals surface area (Å²) in [6.07, 6.45) is 5.40. The molecule has 110 valence electrons. The van der Waals surface area contributed by atoms with E-state index in [4.69, 9.17) is 9.47 Å². The fourth-order valence-electron chi connectivity index (χ4n) is 3.62. The third-order valence-corrected chi connectivity index (χ3v) is 6.09. The topological polar surface area (TPSA) is 38.7 Å². The van der Waals surface area contributed by atoms with Crippen LogP contribution in [0.1, 0.15) is 39.0 Å². The van der Waals surface area contributed by atoms with Crippen LogP contribution >= 0.6 is 11.8 Å². The molecule has 4 atom stereocenters. The molecule has 3 rings (SSSR count). The van der Waals surface area contributed by atoms with Crippen LogP contribution in [0.25, 0.3) is 0 Å². The number of hydrogen-bond donors (Lipinski definition) is 1. The number of aliphatic hydroxyl groups excluding tert-OH is 1. The molecule has 2 aliphatic heterocycles. The van der Waals surface area contributed by atoms with Gasteiger partial charge in [-0.2, -0.15) is 11.8 Å². The van der Waals surface area contributed by atoms with Gasteiger partial charge >= 0.3 is 0 Å². The Morgan fingerprint density at radius 1 is 1.37 bits per heavy atom. The molecule has 1 spiro atoms. The Morgan fingerprint density at radius 3 is 2.84 bits per heavy atom. The first-order chi connectivity index (χ1) is 9.24. The van der Waals surface area contributed by atoms with Gasteiger partial charge in [-0.1, -0.05) is 0 Å². The minimum absolute atomic E-state index is 0.0644. The van der Waals surface area contributed by atoms with E-state index in [9.17, 15) is 5.11 Å². The van der Waals surface area contributed by atoms with Crippen molar-refractivity contribution >= 4 is 11.8 Å². The molecular formula is C15H26O3S. The third-order valence-electron chi connectivity index (χ3n) is 4.86. The highest BCUT2D eigenvalue weighted by atomic mass is 32.2. The van der Waals surface area contributed by atoms with E-state index in [2.05, 4.69) is 0 Å². The van der Waals surface area contributed by atoms with Gasteiger partial charge in [-0.15, -0.1) is 0 Å². The van der Waals surface area contributed by atoms with E-state index in [0.717, 1.165) is 31.6 Å². The molecule has 2 heterocycles. The van der Waals surface area contributed by atoms with Gasteiger partial charge in [-0.3, -0.25) is 0 Å². The van der Waals surface area contributed by atoms with Crippen molar-refractivity contribution in [1.29, 1.82) is 0 Å². The lowest BCUT2D eigenvalue weighted by Gasteiger charge is -2.41. The van der Waals surface area contributed by atoms with Crippen LogP contribution in [-0.2, 0) is 9.47 Å². The van der Waals surface area contributed by atoms with Crippen LogP contribution in [0.2, 0.25) is 0 Å². The Balaban J connectivity index is 1.63. The lowest BCUT2D eigenvalue weighted by atomic mass is 9.80. The highest BCUT2D eigenvalue weighted by Gasteiger charge is 2.46. The van der Waals surface area contributed by atoms with Gasteiger partial charge < -0.3 is 14.6 Å². The number of thioether (sulfide) groups is 1. The molecule has 4 heteroatoms. The quantitative estimate of drug-likeness (QED) is 0.842. The maximum atomic E-state index is 10.7. The van der Waals surface area contributed by atoms with Crippen molar-refractivity contribution in [1.82, 2.24) is 0 Å². The van der Waals surface area contributed by atoms with E-state index in [1.807, 2.05) is 18.7 Å². The maximum absolute atomic E-state index is 10.7. The summed E-state index contributed by atoms with van der Waals surface area (Å²) in [7, 11) is 0. The van der Waals surface area contributed by atoms with E-state index in [1.54, 1.807) is 0 Å². The Morgan fingerprint density at radius 2 is 2.21 bits per heavy atom. The van der Waals surface area contributed by atoms with Crippen LogP contribution in [-0.4, -0.2) is 47.6 Å². The summed E-state index contributed by atoms with van der Waals surface area (Å²) < 4.78 is 11.9. The molecule has 0 aromatic heterocycles. The standard InChI is InChI=1S/C15H26O3S/c1-2-17-14(11-3-4-11)13(16)12-5-7-18-15(9-12)6-8-19-10-15/h11-14,16H,2-10H2,1H3. The summed E-state index contributed by atoms with van der Waals surface area (Å²) in [5, 5.41) is 10.7. The average molecular weight is 286 g/mol. The number of ether oxygens (including phenoxy) is 2. The zero-order valence-electron chi connectivity index (χ0n) is 11.8. The van der Waals surface area contributed by atoms with E-state index >= 15 is 0 Å². The molecule has 0 aromatic carbocycles. The lowest BCUT2D eigenvalue weighted by Crippen LogP contribution is -2.47. The maximum Gasteiger partial charge on any atom is 0.0864 e. The Kier molecular flexibility index (Phi) is 4.42. The van der Waals surface area contributed by atoms with Gasteiger partial charge in [0.1, 0.15) is 0 Å². The van der Waals surface area contributed by atoms with E-state index < -0.39 is 0 Å². The van der Waals surface area contributed by atoms with Crippen molar-refractivity contribution in [3.05, 3.63) is 0 Å². The molecule has 0 radical (unpaired) electrons. The van der Waals surface area contributed by atoms with Gasteiger partial charge in [0.05, 0.1) is 17.8 Å². The molecule has 3 aliphatic rings. The summed E-state index contributed by atoms with van der Waals surface area (Å²) >= 11 is 1.99. The molecule has 3 nitrogen and oxygen atoms in total. The second kappa shape index (κ2) is 5.92. The summed E-state index contributed by atoms with van der Waals surface area (Å²) in [4.78, 5) is 0. The Labute approximate surface area is 120 Å². The minimum Gasteiger partial charge on any atom is -0.390 e. The Hall–Kier alpha value is 0.230. The van der Waals surface area contributed by atoms with Gasteiger partial charge in [0.2, 0.25) is 0 Å². The normalized spacial score (nSPS) is 38.5. The summed E-state index contributed by atoms with van der Waals surface area (Å²) in [6, 6.07) is 0. The van der Waals surface area contributed by atoms with Crippen LogP contribution in [0, 0.1) is 11.8 Å². The van der Waals surface area contributed by atoms with Crippen LogP contribution in [0.15, 0.2) is 0 Å². The van der Waals surface area contributed by atoms with Crippen molar-refractivity contribution in [3.8, 4) is 0 Å². The predicted molar refractivity (Wildman–Crippen MR) is 77.5 cm³/mol. The molecule has 0 bridgehead atoms. The first-order valence-electron chi connectivity index (χ1n) is 7.75. The zero-order valence-corrected chi connectivity index (χ0v) is 12.7. The van der Waals surface area contributed by atoms with E-state index in [-0.39, 0.29) is 17.8 Å². The molecule has 19 heavy (non-hydrogen) atoms. The number of aliphatic hydroxyl groups is 1. The Bertz CT molecular complexity index is 300. The average Bonchev–Trinajstić information content (AvgIpc) is 3.18. The fraction of sp³-hybridized carbons (Fsp3) is 1.00. The first-order valence-corrected chi connectivity index (χ1v) is 8.91. The number of rotatable bonds is 5. The SMILES string of the molecule is CCOC(C1CC1)C(O)C1CCOC2(CCSC2)C1. The molecule has 2 saturated heterocycles. The molecule has 1 saturated carbocycles. The molecule has 3 fully saturated rings. The highest BCUT2D eigenvalue weighted by Crippen LogP contribution is 2.44. The van der Waals surface area contributed by atoms with Crippen LogP contribution in [0.5, 0.6) is 0 Å². The van der Waals surface area contributed by atoms with Crippen LogP contribution < -0.4 is 0 Å². The monoisotopic (exact) mass is 286 g/mol. The zero-order chi connectivity index (χ0) is 13.3. The minimum atomic E-state index is -0.293. The molecule has 0 aromatic rings. The van der Waals surface area contributed by atoms with E-state index in [1.165, 1.54) is 18.6 Å². The van der Waals surface area contributed by atoms with Crippen LogP contribution in [0.3, 0.4) is 0 Å². The second-order valence-electron chi connectivity index (χ2n) is 6.33. The van der Waals surface area contributed by atoms with Gasteiger partial charge in [-0.25, -0.2) is 0 Å². The smallest absolute Gasteiger partial charge is 0.0864 e. The van der Waals surface area contributed by atoms with Gasteiger partial charge in [0.15, 0.2) is 0 Å². The number of hydrogen-bond acceptors (Lipinski definition) is 4. The third kappa shape index (κ3) is 3.12. The molecular weight excluding hydrogens is 260 g/mol. The molecule has 0 amide bonds. The summed E-state index contributed by atoms with van der Waals surface area (Å²) in [5.41, 5.74) is 0.0644. The molecule has 1 N–H and O–H groups in total. The highest BCUT2D eigenvalue weighted by molar-refractivity contribution is 7.99. The van der Waals surface area contributed by atoms with Crippen molar-refractivity contribution in [2.24, 2.45) is 11.8 Å². The molecule has 4 unspecified atom stereocenters. The van der Waals surface area contributed by atoms with Crippen LogP contribution in [0.4, 0.5) is 0 Å². The summed E-state index contributed by atoms with van der Waals surface area (Å²) in [6.45, 7) is 3.55. The van der Waals surface area contributed by atoms with Crippen molar-refractivity contribution < 1.29 is 14.6 Å². The molecule has 1 aliphatic carbocycles. The van der Waals surface area contributed by atoms with Crippen molar-refractivity contribution in [2.45, 2.75) is 56.8 Å². The van der Waals surface area contributed by atoms with Gasteiger partial charge in [0, 0.05) is 19.0 Å². The largest absolute Gasteiger partial charge is 0.390 e. The van der Waals surface area contributed by atoms with Gasteiger partial charge in [0.25, 0.3) is 0 Å². The van der Waals surface area contributed by atoms with Gasteiger partial charge in [-0.05, 0) is 56.6 Å². The predicted octanol–water partition coefficient (Wildman–Crippen LogP) is 2.46. The van der Waals surface area contributed by atoms with E-state index in [0.29, 0.717) is 18.4 Å². The lowest BCUT2D eigenvalue weighted by molar-refractivity contribution is -0.132. The summed E-state index contributed by atoms with van der Waals surface area (Å²) in [5.74, 6) is 3.29. The fourth-order valence-corrected chi connectivity index (χ4v) is 5.00. The first kappa shape index (κ1) is 14.2. The second-order valence-corrected chi connectivity index (χ2v) is 7.44. The van der Waals surface area contributed by atoms with Crippen molar-refractivity contribution in [3.63, 3.8) is 0 Å². The van der Waals surface area contributed by atoms with Crippen molar-refractivity contribution in [2.75, 3.05) is 24.7 Å².